The van der Waals surface area contributed by atoms with Crippen LogP contribution in [0.15, 0.2) is 0 Å². The lowest BCUT2D eigenvalue weighted by molar-refractivity contribution is 0.0787. The van der Waals surface area contributed by atoms with Gasteiger partial charge in [-0.25, -0.2) is 0 Å². The van der Waals surface area contributed by atoms with Crippen LogP contribution in [0, 0.1) is 0 Å². The number of nitrogens with zero attached hydrogens (tertiary/aromatic N) is 1. The number of hydrogen-bond donors (Lipinski definition) is 1. The molecule has 1 heterocycles. The van der Waals surface area contributed by atoms with Crippen molar-refractivity contribution in [1.82, 2.24) is 10.2 Å². The minimum Gasteiger partial charge on any atom is -0.383 e. The van der Waals surface area contributed by atoms with Gasteiger partial charge in [-0.05, 0) is 26.4 Å². The van der Waals surface area contributed by atoms with Crippen molar-refractivity contribution >= 4 is 0 Å². The van der Waals surface area contributed by atoms with Crippen LogP contribution in [-0.2, 0) is 4.74 Å². The highest BCUT2D eigenvalue weighted by molar-refractivity contribution is 4.82. The van der Waals surface area contributed by atoms with Crippen LogP contribution in [0.25, 0.3) is 0 Å². The monoisotopic (exact) mass is 186 g/mol. The van der Waals surface area contributed by atoms with E-state index in [9.17, 15) is 0 Å². The van der Waals surface area contributed by atoms with E-state index in [1.54, 1.807) is 7.11 Å². The Morgan fingerprint density at radius 2 is 2.38 bits per heavy atom. The highest BCUT2D eigenvalue weighted by atomic mass is 16.5. The van der Waals surface area contributed by atoms with Crippen molar-refractivity contribution < 1.29 is 4.74 Å². The van der Waals surface area contributed by atoms with Crippen LogP contribution >= 0.6 is 0 Å². The molecule has 1 fully saturated rings. The van der Waals surface area contributed by atoms with E-state index in [1.807, 2.05) is 0 Å². The van der Waals surface area contributed by atoms with E-state index in [1.165, 1.54) is 13.0 Å². The first kappa shape index (κ1) is 11.0. The molecule has 2 atom stereocenters. The first-order chi connectivity index (χ1) is 6.29. The van der Waals surface area contributed by atoms with Gasteiger partial charge in [0, 0.05) is 25.7 Å². The van der Waals surface area contributed by atoms with Gasteiger partial charge in [0.1, 0.15) is 0 Å². The molecular formula is C10H22N2O. The van der Waals surface area contributed by atoms with E-state index in [4.69, 9.17) is 4.74 Å². The van der Waals surface area contributed by atoms with Crippen LogP contribution in [0.5, 0.6) is 0 Å². The number of methoxy groups -OCH3 is 1. The molecule has 1 rings (SSSR count). The van der Waals surface area contributed by atoms with E-state index in [-0.39, 0.29) is 0 Å². The van der Waals surface area contributed by atoms with Crippen LogP contribution in [0.1, 0.15) is 20.3 Å². The molecule has 3 nitrogen and oxygen atoms in total. The van der Waals surface area contributed by atoms with Gasteiger partial charge in [0.2, 0.25) is 0 Å². The summed E-state index contributed by atoms with van der Waals surface area (Å²) >= 11 is 0. The Labute approximate surface area is 81.4 Å². The molecule has 0 saturated carbocycles. The summed E-state index contributed by atoms with van der Waals surface area (Å²) in [6, 6.07) is 1.26. The Balaban J connectivity index is 2.39. The maximum Gasteiger partial charge on any atom is 0.0615 e. The number of likely N-dealkylation sites (N-methyl/N-ethyl adjacent to an activating group) is 1. The zero-order chi connectivity index (χ0) is 9.68. The highest BCUT2D eigenvalue weighted by Crippen LogP contribution is 2.11. The van der Waals surface area contributed by atoms with Gasteiger partial charge in [-0.2, -0.15) is 0 Å². The third-order valence-electron chi connectivity index (χ3n) is 2.84. The molecule has 0 amide bonds. The molecule has 2 unspecified atom stereocenters. The first-order valence-corrected chi connectivity index (χ1v) is 5.25. The third kappa shape index (κ3) is 2.93. The number of nitrogens with one attached hydrogen (secondary N) is 1. The van der Waals surface area contributed by atoms with Gasteiger partial charge in [-0.1, -0.05) is 6.92 Å². The Bertz CT molecular complexity index is 135. The summed E-state index contributed by atoms with van der Waals surface area (Å²) in [7, 11) is 1.78. The molecule has 0 radical (unpaired) electrons. The molecule has 0 spiro atoms. The van der Waals surface area contributed by atoms with Gasteiger partial charge < -0.3 is 10.1 Å². The van der Waals surface area contributed by atoms with Crippen LogP contribution in [0.3, 0.4) is 0 Å². The highest BCUT2D eigenvalue weighted by Gasteiger charge is 2.24. The fourth-order valence-corrected chi connectivity index (χ4v) is 2.19. The van der Waals surface area contributed by atoms with Crippen molar-refractivity contribution in [2.75, 3.05) is 33.4 Å². The largest absolute Gasteiger partial charge is 0.383 e. The molecule has 3 heteroatoms. The van der Waals surface area contributed by atoms with Crippen molar-refractivity contribution in [1.29, 1.82) is 0 Å². The predicted molar refractivity (Wildman–Crippen MR) is 55.0 cm³/mol. The van der Waals surface area contributed by atoms with Gasteiger partial charge in [0.05, 0.1) is 6.61 Å². The topological polar surface area (TPSA) is 24.5 Å². The zero-order valence-electron chi connectivity index (χ0n) is 9.05. The van der Waals surface area contributed by atoms with E-state index in [0.29, 0.717) is 6.04 Å². The Morgan fingerprint density at radius 3 is 2.85 bits per heavy atom. The van der Waals surface area contributed by atoms with Crippen LogP contribution in [0.4, 0.5) is 0 Å². The number of ether oxygens (including phenoxy) is 1. The van der Waals surface area contributed by atoms with Crippen LogP contribution in [-0.4, -0.2) is 50.3 Å². The predicted octanol–water partition coefficient (Wildman–Crippen LogP) is 0.705. The standard InChI is InChI=1S/C10H22N2O/c1-4-12(9(2)8-13-3)10-5-6-11-7-10/h9-11H,4-8H2,1-3H3. The minimum atomic E-state index is 0.542. The SMILES string of the molecule is CCN(C(C)COC)C1CCNC1. The molecule has 0 aromatic rings. The molecule has 78 valence electrons. The summed E-state index contributed by atoms with van der Waals surface area (Å²) in [4.78, 5) is 2.53. The molecule has 0 bridgehead atoms. The van der Waals surface area contributed by atoms with Crippen molar-refractivity contribution in [3.8, 4) is 0 Å². The van der Waals surface area contributed by atoms with Gasteiger partial charge in [0.25, 0.3) is 0 Å². The molecule has 0 aliphatic carbocycles. The van der Waals surface area contributed by atoms with Gasteiger partial charge in [0.15, 0.2) is 0 Å². The van der Waals surface area contributed by atoms with Crippen molar-refractivity contribution in [2.45, 2.75) is 32.4 Å². The second-order valence-corrected chi connectivity index (χ2v) is 3.78. The van der Waals surface area contributed by atoms with Crippen molar-refractivity contribution in [3.63, 3.8) is 0 Å². The molecule has 0 aromatic heterocycles. The summed E-state index contributed by atoms with van der Waals surface area (Å²) in [5, 5.41) is 3.40. The maximum absolute atomic E-state index is 5.18. The maximum atomic E-state index is 5.18. The van der Waals surface area contributed by atoms with Crippen LogP contribution in [0.2, 0.25) is 0 Å². The summed E-state index contributed by atoms with van der Waals surface area (Å²) in [5.41, 5.74) is 0. The molecular weight excluding hydrogens is 164 g/mol. The average molecular weight is 186 g/mol. The van der Waals surface area contributed by atoms with E-state index in [2.05, 4.69) is 24.1 Å². The Kier molecular flexibility index (Phi) is 4.70. The lowest BCUT2D eigenvalue weighted by atomic mass is 10.1. The number of hydrogen-bond acceptors (Lipinski definition) is 3. The Morgan fingerprint density at radius 1 is 1.62 bits per heavy atom. The fraction of sp³-hybridized carbons (Fsp3) is 1.00. The minimum absolute atomic E-state index is 0.542. The molecule has 1 aliphatic rings. The quantitative estimate of drug-likeness (QED) is 0.684. The molecule has 13 heavy (non-hydrogen) atoms. The number of rotatable bonds is 5. The van der Waals surface area contributed by atoms with Gasteiger partial charge in [-0.3, -0.25) is 4.90 Å². The normalized spacial score (nSPS) is 25.4. The van der Waals surface area contributed by atoms with Crippen LogP contribution < -0.4 is 5.32 Å². The van der Waals surface area contributed by atoms with E-state index in [0.717, 1.165) is 25.7 Å². The second kappa shape index (κ2) is 5.58. The van der Waals surface area contributed by atoms with Crippen molar-refractivity contribution in [3.05, 3.63) is 0 Å². The van der Waals surface area contributed by atoms with E-state index >= 15 is 0 Å². The molecule has 1 N–H and O–H groups in total. The lowest BCUT2D eigenvalue weighted by Gasteiger charge is -2.32. The summed E-state index contributed by atoms with van der Waals surface area (Å²) < 4.78 is 5.18. The smallest absolute Gasteiger partial charge is 0.0615 e. The summed E-state index contributed by atoms with van der Waals surface area (Å²) in [6.07, 6.45) is 1.28. The molecule has 0 aromatic carbocycles. The summed E-state index contributed by atoms with van der Waals surface area (Å²) in [6.45, 7) is 8.74. The zero-order valence-corrected chi connectivity index (χ0v) is 9.05. The fourth-order valence-electron chi connectivity index (χ4n) is 2.19. The van der Waals surface area contributed by atoms with Gasteiger partial charge >= 0.3 is 0 Å². The average Bonchev–Trinajstić information content (AvgIpc) is 2.59. The molecule has 1 aliphatic heterocycles. The van der Waals surface area contributed by atoms with Crippen molar-refractivity contribution in [2.24, 2.45) is 0 Å². The summed E-state index contributed by atoms with van der Waals surface area (Å²) in [5.74, 6) is 0. The van der Waals surface area contributed by atoms with Gasteiger partial charge in [-0.15, -0.1) is 0 Å². The van der Waals surface area contributed by atoms with E-state index < -0.39 is 0 Å². The Hall–Kier alpha value is -0.120. The second-order valence-electron chi connectivity index (χ2n) is 3.78. The molecule has 1 saturated heterocycles. The third-order valence-corrected chi connectivity index (χ3v) is 2.84. The first-order valence-electron chi connectivity index (χ1n) is 5.25. The lowest BCUT2D eigenvalue weighted by Crippen LogP contribution is -2.44.